The number of anilines is 1. The highest BCUT2D eigenvalue weighted by atomic mass is 32.2. The van der Waals surface area contributed by atoms with E-state index in [4.69, 9.17) is 0 Å². The summed E-state index contributed by atoms with van der Waals surface area (Å²) in [5, 5.41) is 2.58. The van der Waals surface area contributed by atoms with Crippen LogP contribution in [0, 0.1) is 0 Å². The average molecular weight is 386 g/mol. The van der Waals surface area contributed by atoms with Crippen LogP contribution in [-0.2, 0) is 20.4 Å². The lowest BCUT2D eigenvalue weighted by atomic mass is 10.2. The molecule has 27 heavy (non-hydrogen) atoms. The van der Waals surface area contributed by atoms with Gasteiger partial charge in [0.15, 0.2) is 9.84 Å². The lowest BCUT2D eigenvalue weighted by molar-refractivity contribution is -0.113. The first-order valence-corrected chi connectivity index (χ1v) is 10.7. The van der Waals surface area contributed by atoms with Gasteiger partial charge in [0.1, 0.15) is 5.75 Å². The summed E-state index contributed by atoms with van der Waals surface area (Å²) in [6.07, 6.45) is 2.05. The van der Waals surface area contributed by atoms with Crippen molar-refractivity contribution in [2.75, 3.05) is 24.2 Å². The Bertz CT molecular complexity index is 903. The van der Waals surface area contributed by atoms with Crippen LogP contribution in [0.5, 0.6) is 0 Å². The molecule has 1 fully saturated rings. The topological polar surface area (TPSA) is 83.5 Å². The van der Waals surface area contributed by atoms with Crippen LogP contribution in [0.15, 0.2) is 54.6 Å². The maximum Gasteiger partial charge on any atom is 0.253 e. The van der Waals surface area contributed by atoms with Crippen LogP contribution in [0.4, 0.5) is 5.69 Å². The number of likely N-dealkylation sites (tertiary alicyclic amines) is 1. The third kappa shape index (κ3) is 5.40. The Balaban J connectivity index is 1.56. The molecule has 1 saturated heterocycles. The van der Waals surface area contributed by atoms with Crippen molar-refractivity contribution in [1.82, 2.24) is 4.90 Å². The summed E-state index contributed by atoms with van der Waals surface area (Å²) in [4.78, 5) is 26.2. The molecule has 0 radical (unpaired) electrons. The molecule has 1 aliphatic heterocycles. The molecule has 0 bridgehead atoms. The molecule has 7 heteroatoms. The zero-order chi connectivity index (χ0) is 19.3. The van der Waals surface area contributed by atoms with Crippen LogP contribution in [0.1, 0.15) is 28.8 Å². The lowest BCUT2D eigenvalue weighted by Gasteiger charge is -2.15. The van der Waals surface area contributed by atoms with E-state index in [1.807, 2.05) is 4.90 Å². The molecule has 3 rings (SSSR count). The van der Waals surface area contributed by atoms with Gasteiger partial charge in [-0.15, -0.1) is 0 Å². The molecule has 142 valence electrons. The number of amides is 2. The van der Waals surface area contributed by atoms with E-state index < -0.39 is 21.5 Å². The van der Waals surface area contributed by atoms with E-state index in [2.05, 4.69) is 5.32 Å². The molecule has 0 aromatic heterocycles. The van der Waals surface area contributed by atoms with Crippen LogP contribution >= 0.6 is 0 Å². The van der Waals surface area contributed by atoms with Crippen LogP contribution < -0.4 is 5.32 Å². The quantitative estimate of drug-likeness (QED) is 0.827. The Labute approximate surface area is 159 Å². The summed E-state index contributed by atoms with van der Waals surface area (Å²) in [6.45, 7) is 1.55. The fraction of sp³-hybridized carbons (Fsp3) is 0.300. The summed E-state index contributed by atoms with van der Waals surface area (Å²) < 4.78 is 24.4. The van der Waals surface area contributed by atoms with E-state index in [9.17, 15) is 18.0 Å². The summed E-state index contributed by atoms with van der Waals surface area (Å²) in [5.41, 5.74) is 1.68. The minimum atomic E-state index is -3.56. The number of nitrogens with one attached hydrogen (secondary N) is 1. The van der Waals surface area contributed by atoms with Crippen molar-refractivity contribution >= 4 is 27.3 Å². The van der Waals surface area contributed by atoms with Gasteiger partial charge in [-0.3, -0.25) is 9.59 Å². The third-order valence-electron chi connectivity index (χ3n) is 4.39. The van der Waals surface area contributed by atoms with Gasteiger partial charge in [0, 0.05) is 24.3 Å². The Morgan fingerprint density at radius 3 is 2.19 bits per heavy atom. The van der Waals surface area contributed by atoms with Crippen molar-refractivity contribution in [3.8, 4) is 0 Å². The molecular formula is C20H22N2O4S. The lowest BCUT2D eigenvalue weighted by Crippen LogP contribution is -2.27. The minimum absolute atomic E-state index is 0.0178. The zero-order valence-electron chi connectivity index (χ0n) is 14.9. The first kappa shape index (κ1) is 19.1. The summed E-state index contributed by atoms with van der Waals surface area (Å²) in [6, 6.07) is 15.3. The van der Waals surface area contributed by atoms with E-state index in [-0.39, 0.29) is 11.7 Å². The molecule has 0 spiro atoms. The first-order valence-electron chi connectivity index (χ1n) is 8.86. The SMILES string of the molecule is O=C(CS(=O)(=O)Cc1ccccc1)Nc1ccc(C(=O)N2CCCC2)cc1. The Morgan fingerprint density at radius 1 is 0.926 bits per heavy atom. The fourth-order valence-electron chi connectivity index (χ4n) is 3.07. The van der Waals surface area contributed by atoms with Crippen LogP contribution in [0.3, 0.4) is 0 Å². The maximum atomic E-state index is 12.3. The third-order valence-corrected chi connectivity index (χ3v) is 5.86. The van der Waals surface area contributed by atoms with Gasteiger partial charge in [-0.2, -0.15) is 0 Å². The Kier molecular flexibility index (Phi) is 5.91. The smallest absolute Gasteiger partial charge is 0.253 e. The molecule has 0 unspecified atom stereocenters. The Morgan fingerprint density at radius 2 is 1.56 bits per heavy atom. The highest BCUT2D eigenvalue weighted by molar-refractivity contribution is 7.91. The van der Waals surface area contributed by atoms with Gasteiger partial charge >= 0.3 is 0 Å². The van der Waals surface area contributed by atoms with Gasteiger partial charge in [0.05, 0.1) is 5.75 Å². The van der Waals surface area contributed by atoms with Gasteiger partial charge in [0.25, 0.3) is 5.91 Å². The fourth-order valence-corrected chi connectivity index (χ4v) is 4.35. The highest BCUT2D eigenvalue weighted by Gasteiger charge is 2.20. The number of hydrogen-bond acceptors (Lipinski definition) is 4. The number of sulfone groups is 1. The number of rotatable bonds is 6. The van der Waals surface area contributed by atoms with E-state index in [1.165, 1.54) is 0 Å². The maximum absolute atomic E-state index is 12.3. The number of hydrogen-bond donors (Lipinski definition) is 1. The zero-order valence-corrected chi connectivity index (χ0v) is 15.7. The van der Waals surface area contributed by atoms with Crippen molar-refractivity contribution in [3.05, 3.63) is 65.7 Å². The molecule has 2 amide bonds. The van der Waals surface area contributed by atoms with Gasteiger partial charge in [-0.25, -0.2) is 8.42 Å². The van der Waals surface area contributed by atoms with E-state index in [0.29, 0.717) is 16.8 Å². The molecule has 2 aromatic rings. The molecule has 1 heterocycles. The largest absolute Gasteiger partial charge is 0.339 e. The number of carbonyl (C=O) groups excluding carboxylic acids is 2. The van der Waals surface area contributed by atoms with E-state index >= 15 is 0 Å². The average Bonchev–Trinajstić information content (AvgIpc) is 3.16. The monoisotopic (exact) mass is 386 g/mol. The van der Waals surface area contributed by atoms with Crippen LogP contribution in [0.2, 0.25) is 0 Å². The Hall–Kier alpha value is -2.67. The number of benzene rings is 2. The summed E-state index contributed by atoms with van der Waals surface area (Å²) in [7, 11) is -3.56. The van der Waals surface area contributed by atoms with Crippen molar-refractivity contribution < 1.29 is 18.0 Å². The molecule has 1 N–H and O–H groups in total. The van der Waals surface area contributed by atoms with Crippen molar-refractivity contribution in [3.63, 3.8) is 0 Å². The second kappa shape index (κ2) is 8.35. The van der Waals surface area contributed by atoms with Gasteiger partial charge in [-0.1, -0.05) is 30.3 Å². The van der Waals surface area contributed by atoms with Gasteiger partial charge < -0.3 is 10.2 Å². The van der Waals surface area contributed by atoms with Crippen LogP contribution in [-0.4, -0.2) is 44.0 Å². The molecular weight excluding hydrogens is 364 g/mol. The second-order valence-electron chi connectivity index (χ2n) is 6.64. The van der Waals surface area contributed by atoms with Crippen molar-refractivity contribution in [2.24, 2.45) is 0 Å². The molecule has 6 nitrogen and oxygen atoms in total. The normalized spacial score (nSPS) is 14.1. The van der Waals surface area contributed by atoms with Crippen LogP contribution in [0.25, 0.3) is 0 Å². The van der Waals surface area contributed by atoms with Gasteiger partial charge in [0.2, 0.25) is 5.91 Å². The van der Waals surface area contributed by atoms with Crippen molar-refractivity contribution in [2.45, 2.75) is 18.6 Å². The summed E-state index contributed by atoms with van der Waals surface area (Å²) >= 11 is 0. The predicted molar refractivity (Wildman–Crippen MR) is 104 cm³/mol. The van der Waals surface area contributed by atoms with E-state index in [1.54, 1.807) is 54.6 Å². The summed E-state index contributed by atoms with van der Waals surface area (Å²) in [5.74, 6) is -1.37. The highest BCUT2D eigenvalue weighted by Crippen LogP contribution is 2.16. The molecule has 1 aliphatic rings. The molecule has 0 aliphatic carbocycles. The second-order valence-corrected chi connectivity index (χ2v) is 8.71. The van der Waals surface area contributed by atoms with Crippen molar-refractivity contribution in [1.29, 1.82) is 0 Å². The molecule has 0 atom stereocenters. The number of carbonyl (C=O) groups is 2. The van der Waals surface area contributed by atoms with Gasteiger partial charge in [-0.05, 0) is 42.7 Å². The molecule has 2 aromatic carbocycles. The number of nitrogens with zero attached hydrogens (tertiary/aromatic N) is 1. The predicted octanol–water partition coefficient (Wildman–Crippen LogP) is 2.48. The minimum Gasteiger partial charge on any atom is -0.339 e. The molecule has 0 saturated carbocycles. The standard InChI is InChI=1S/C20H22N2O4S/c23-19(15-27(25,26)14-16-6-2-1-3-7-16)21-18-10-8-17(9-11-18)20(24)22-12-4-5-13-22/h1-3,6-11H,4-5,12-15H2,(H,21,23). The van der Waals surface area contributed by atoms with E-state index in [0.717, 1.165) is 25.9 Å². The first-order chi connectivity index (χ1) is 12.9.